The molecule has 4 bridgehead atoms. The molecule has 0 amide bonds. The molecule has 4 aliphatic rings. The Hall–Kier alpha value is -1.31. The van der Waals surface area contributed by atoms with E-state index in [0.29, 0.717) is 23.3 Å². The van der Waals surface area contributed by atoms with E-state index in [1.165, 1.54) is 32.1 Å². The Labute approximate surface area is 120 Å². The van der Waals surface area contributed by atoms with E-state index in [2.05, 4.69) is 0 Å². The van der Waals surface area contributed by atoms with Crippen LogP contribution in [0.2, 0.25) is 0 Å². The molecule has 0 unspecified atom stereocenters. The molecule has 0 atom stereocenters. The molecule has 4 saturated carbocycles. The fourth-order valence-electron chi connectivity index (χ4n) is 5.55. The fraction of sp³-hybridized carbons (Fsp3) is 0.611. The summed E-state index contributed by atoms with van der Waals surface area (Å²) in [5.74, 6) is 3.70. The third kappa shape index (κ3) is 1.73. The maximum Gasteiger partial charge on any atom is 0.168 e. The van der Waals surface area contributed by atoms with E-state index in [9.17, 15) is 4.79 Å². The van der Waals surface area contributed by atoms with Crippen LogP contribution in [0, 0.1) is 36.5 Å². The minimum Gasteiger partial charge on any atom is -0.398 e. The van der Waals surface area contributed by atoms with Gasteiger partial charge in [-0.1, -0.05) is 12.1 Å². The van der Waals surface area contributed by atoms with Gasteiger partial charge in [-0.05, 0) is 74.3 Å². The standard InChI is InChI=1S/C18H23NO/c1-10-3-2-4-15(19)16(10)18(20)17-13-6-11-5-12(8-13)9-14(17)7-11/h2-4,11-14,17H,5-9,19H2,1H3. The second-order valence-electron chi connectivity index (χ2n) is 7.36. The highest BCUT2D eigenvalue weighted by atomic mass is 16.1. The molecule has 0 radical (unpaired) electrons. The Morgan fingerprint density at radius 3 is 2.20 bits per heavy atom. The van der Waals surface area contributed by atoms with E-state index >= 15 is 0 Å². The molecule has 0 spiro atoms. The number of rotatable bonds is 2. The SMILES string of the molecule is Cc1cccc(N)c1C(=O)C1C2CC3CC(C2)CC1C3. The van der Waals surface area contributed by atoms with Gasteiger partial charge >= 0.3 is 0 Å². The number of nitrogens with two attached hydrogens (primary N) is 1. The van der Waals surface area contributed by atoms with Crippen molar-refractivity contribution < 1.29 is 4.79 Å². The summed E-state index contributed by atoms with van der Waals surface area (Å²) in [4.78, 5) is 13.1. The zero-order chi connectivity index (χ0) is 13.9. The van der Waals surface area contributed by atoms with Crippen LogP contribution in [0.25, 0.3) is 0 Å². The lowest BCUT2D eigenvalue weighted by molar-refractivity contribution is -0.0251. The van der Waals surface area contributed by atoms with Gasteiger partial charge in [0.05, 0.1) is 0 Å². The first-order chi connectivity index (χ1) is 9.63. The van der Waals surface area contributed by atoms with Crippen LogP contribution < -0.4 is 5.73 Å². The van der Waals surface area contributed by atoms with E-state index in [4.69, 9.17) is 5.73 Å². The maximum absolute atomic E-state index is 13.1. The average molecular weight is 269 g/mol. The summed E-state index contributed by atoms with van der Waals surface area (Å²) in [6.45, 7) is 2.01. The zero-order valence-electron chi connectivity index (χ0n) is 12.1. The van der Waals surface area contributed by atoms with Crippen molar-refractivity contribution in [2.24, 2.45) is 29.6 Å². The molecule has 2 nitrogen and oxygen atoms in total. The maximum atomic E-state index is 13.1. The predicted octanol–water partition coefficient (Wildman–Crippen LogP) is 3.83. The van der Waals surface area contributed by atoms with Crippen molar-refractivity contribution in [3.05, 3.63) is 29.3 Å². The van der Waals surface area contributed by atoms with Crippen LogP contribution >= 0.6 is 0 Å². The number of hydrogen-bond donors (Lipinski definition) is 1. The lowest BCUT2D eigenvalue weighted by Crippen LogP contribution is -2.48. The number of aryl methyl sites for hydroxylation is 1. The number of ketones is 1. The highest BCUT2D eigenvalue weighted by molar-refractivity contribution is 6.04. The van der Waals surface area contributed by atoms with Crippen molar-refractivity contribution in [1.29, 1.82) is 0 Å². The first kappa shape index (κ1) is 12.4. The van der Waals surface area contributed by atoms with Crippen molar-refractivity contribution in [1.82, 2.24) is 0 Å². The number of anilines is 1. The second kappa shape index (κ2) is 4.34. The van der Waals surface area contributed by atoms with Gasteiger partial charge in [-0.2, -0.15) is 0 Å². The number of hydrogen-bond acceptors (Lipinski definition) is 2. The Bertz CT molecular complexity index is 514. The van der Waals surface area contributed by atoms with Crippen LogP contribution in [0.5, 0.6) is 0 Å². The molecule has 2 N–H and O–H groups in total. The minimum atomic E-state index is 0.256. The summed E-state index contributed by atoms with van der Waals surface area (Å²) < 4.78 is 0. The normalized spacial score (nSPS) is 38.1. The molecule has 0 heterocycles. The molecule has 20 heavy (non-hydrogen) atoms. The zero-order valence-corrected chi connectivity index (χ0v) is 12.1. The summed E-state index contributed by atoms with van der Waals surface area (Å²) in [6.07, 6.45) is 6.58. The van der Waals surface area contributed by atoms with Gasteiger partial charge in [0.25, 0.3) is 0 Å². The molecule has 4 aliphatic carbocycles. The molecule has 1 aromatic rings. The smallest absolute Gasteiger partial charge is 0.168 e. The van der Waals surface area contributed by atoms with Crippen molar-refractivity contribution in [2.45, 2.75) is 39.0 Å². The molecule has 0 aromatic heterocycles. The fourth-order valence-corrected chi connectivity index (χ4v) is 5.55. The van der Waals surface area contributed by atoms with Gasteiger partial charge in [-0.3, -0.25) is 4.79 Å². The lowest BCUT2D eigenvalue weighted by atomic mass is 9.50. The summed E-state index contributed by atoms with van der Waals surface area (Å²) >= 11 is 0. The molecular weight excluding hydrogens is 246 g/mol. The predicted molar refractivity (Wildman–Crippen MR) is 80.5 cm³/mol. The second-order valence-corrected chi connectivity index (χ2v) is 7.36. The summed E-state index contributed by atoms with van der Waals surface area (Å²) in [5.41, 5.74) is 8.62. The number of benzene rings is 1. The minimum absolute atomic E-state index is 0.256. The van der Waals surface area contributed by atoms with E-state index in [0.717, 1.165) is 23.0 Å². The highest BCUT2D eigenvalue weighted by Gasteiger charge is 2.50. The Morgan fingerprint density at radius 2 is 1.65 bits per heavy atom. The Balaban J connectivity index is 1.69. The molecule has 5 rings (SSSR count). The summed E-state index contributed by atoms with van der Waals surface area (Å²) in [5, 5.41) is 0. The largest absolute Gasteiger partial charge is 0.398 e. The Kier molecular flexibility index (Phi) is 2.70. The average Bonchev–Trinajstić information content (AvgIpc) is 2.37. The first-order valence-electron chi connectivity index (χ1n) is 8.02. The monoisotopic (exact) mass is 269 g/mol. The molecule has 0 saturated heterocycles. The molecule has 4 fully saturated rings. The number of carbonyl (C=O) groups excluding carboxylic acids is 1. The van der Waals surface area contributed by atoms with Gasteiger partial charge in [0, 0.05) is 17.2 Å². The molecule has 0 aliphatic heterocycles. The van der Waals surface area contributed by atoms with Crippen LogP contribution in [-0.2, 0) is 0 Å². The van der Waals surface area contributed by atoms with Crippen LogP contribution in [-0.4, -0.2) is 5.78 Å². The van der Waals surface area contributed by atoms with Gasteiger partial charge in [0.2, 0.25) is 0 Å². The number of Topliss-reactive ketones (excluding diaryl/α,β-unsaturated/α-hetero) is 1. The van der Waals surface area contributed by atoms with Crippen LogP contribution in [0.3, 0.4) is 0 Å². The molecule has 1 aromatic carbocycles. The van der Waals surface area contributed by atoms with E-state index in [1.54, 1.807) is 0 Å². The van der Waals surface area contributed by atoms with Gasteiger partial charge in [-0.25, -0.2) is 0 Å². The van der Waals surface area contributed by atoms with Crippen molar-refractivity contribution in [2.75, 3.05) is 5.73 Å². The first-order valence-corrected chi connectivity index (χ1v) is 8.02. The Morgan fingerprint density at radius 1 is 1.05 bits per heavy atom. The quantitative estimate of drug-likeness (QED) is 0.655. The molecule has 106 valence electrons. The third-order valence-corrected chi connectivity index (χ3v) is 6.08. The topological polar surface area (TPSA) is 43.1 Å². The van der Waals surface area contributed by atoms with Crippen LogP contribution in [0.4, 0.5) is 5.69 Å². The van der Waals surface area contributed by atoms with Gasteiger partial charge < -0.3 is 5.73 Å². The van der Waals surface area contributed by atoms with E-state index in [1.807, 2.05) is 25.1 Å². The van der Waals surface area contributed by atoms with E-state index < -0.39 is 0 Å². The van der Waals surface area contributed by atoms with Crippen molar-refractivity contribution in [3.8, 4) is 0 Å². The summed E-state index contributed by atoms with van der Waals surface area (Å²) in [7, 11) is 0. The van der Waals surface area contributed by atoms with Gasteiger partial charge in [-0.15, -0.1) is 0 Å². The highest BCUT2D eigenvalue weighted by Crippen LogP contribution is 2.57. The third-order valence-electron chi connectivity index (χ3n) is 6.08. The van der Waals surface area contributed by atoms with Crippen LogP contribution in [0.1, 0.15) is 48.0 Å². The number of carbonyl (C=O) groups is 1. The molecular formula is C18H23NO. The van der Waals surface area contributed by atoms with Gasteiger partial charge in [0.1, 0.15) is 0 Å². The van der Waals surface area contributed by atoms with Crippen LogP contribution in [0.15, 0.2) is 18.2 Å². The van der Waals surface area contributed by atoms with Gasteiger partial charge in [0.15, 0.2) is 5.78 Å². The lowest BCUT2D eigenvalue weighted by Gasteiger charge is -2.53. The van der Waals surface area contributed by atoms with Crippen molar-refractivity contribution in [3.63, 3.8) is 0 Å². The molecule has 2 heteroatoms. The van der Waals surface area contributed by atoms with E-state index in [-0.39, 0.29) is 5.92 Å². The number of nitrogen functional groups attached to an aromatic ring is 1. The summed E-state index contributed by atoms with van der Waals surface area (Å²) in [6, 6.07) is 5.83. The van der Waals surface area contributed by atoms with Crippen molar-refractivity contribution >= 4 is 11.5 Å².